The average molecular weight is 442 g/mol. The van der Waals surface area contributed by atoms with Gasteiger partial charge in [0.1, 0.15) is 11.4 Å². The van der Waals surface area contributed by atoms with Crippen LogP contribution in [0.1, 0.15) is 42.1 Å². The minimum Gasteiger partial charge on any atom is -0.487 e. The van der Waals surface area contributed by atoms with Crippen LogP contribution >= 0.6 is 0 Å². The SMILES string of the molecule is CS(=O)(=O)Nc1ccc2c(c1)C(O)CC1(CCN(CCc3ccc(C#N)cc3)CC1)O2. The molecule has 2 aromatic rings. The fourth-order valence-corrected chi connectivity index (χ4v) is 5.00. The Morgan fingerprint density at radius 1 is 1.23 bits per heavy atom. The van der Waals surface area contributed by atoms with Crippen molar-refractivity contribution in [3.63, 3.8) is 0 Å². The quantitative estimate of drug-likeness (QED) is 0.740. The molecule has 2 heterocycles. The molecule has 164 valence electrons. The molecule has 0 amide bonds. The largest absolute Gasteiger partial charge is 0.487 e. The van der Waals surface area contributed by atoms with E-state index in [-0.39, 0.29) is 5.60 Å². The molecule has 1 spiro atoms. The molecule has 1 unspecified atom stereocenters. The lowest BCUT2D eigenvalue weighted by atomic mass is 9.81. The van der Waals surface area contributed by atoms with Gasteiger partial charge in [0.15, 0.2) is 0 Å². The standard InChI is InChI=1S/C23H27N3O4S/c1-31(28,29)25-19-6-7-22-20(14-19)21(27)15-23(30-22)9-12-26(13-10-23)11-8-17-2-4-18(16-24)5-3-17/h2-7,14,21,25,27H,8-13,15H2,1H3. The Hall–Kier alpha value is -2.60. The highest BCUT2D eigenvalue weighted by Crippen LogP contribution is 2.45. The van der Waals surface area contributed by atoms with Gasteiger partial charge in [0, 0.05) is 37.3 Å². The molecule has 0 aliphatic carbocycles. The highest BCUT2D eigenvalue weighted by Gasteiger charge is 2.42. The molecule has 2 aromatic carbocycles. The zero-order valence-electron chi connectivity index (χ0n) is 17.5. The minimum atomic E-state index is -3.38. The summed E-state index contributed by atoms with van der Waals surface area (Å²) in [6.45, 7) is 2.74. The van der Waals surface area contributed by atoms with Gasteiger partial charge in [-0.2, -0.15) is 5.26 Å². The molecule has 2 N–H and O–H groups in total. The maximum Gasteiger partial charge on any atom is 0.229 e. The molecule has 1 fully saturated rings. The second-order valence-electron chi connectivity index (χ2n) is 8.53. The Morgan fingerprint density at radius 2 is 1.94 bits per heavy atom. The summed E-state index contributed by atoms with van der Waals surface area (Å²) in [5, 5.41) is 19.7. The molecule has 8 heteroatoms. The van der Waals surface area contributed by atoms with Crippen molar-refractivity contribution in [3.05, 3.63) is 59.2 Å². The van der Waals surface area contributed by atoms with Gasteiger partial charge in [0.05, 0.1) is 24.0 Å². The van der Waals surface area contributed by atoms with Crippen LogP contribution in [-0.2, 0) is 16.4 Å². The summed E-state index contributed by atoms with van der Waals surface area (Å²) in [6.07, 6.45) is 3.52. The van der Waals surface area contributed by atoms with Crippen molar-refractivity contribution in [2.24, 2.45) is 0 Å². The van der Waals surface area contributed by atoms with Crippen molar-refractivity contribution in [3.8, 4) is 11.8 Å². The van der Waals surface area contributed by atoms with Crippen LogP contribution in [0.2, 0.25) is 0 Å². The van der Waals surface area contributed by atoms with Gasteiger partial charge in [-0.3, -0.25) is 4.72 Å². The van der Waals surface area contributed by atoms with E-state index in [0.717, 1.165) is 45.2 Å². The number of rotatable bonds is 5. The van der Waals surface area contributed by atoms with Crippen molar-refractivity contribution in [2.75, 3.05) is 30.6 Å². The number of fused-ring (bicyclic) bond motifs is 1. The van der Waals surface area contributed by atoms with Crippen molar-refractivity contribution in [1.82, 2.24) is 4.90 Å². The third-order valence-electron chi connectivity index (χ3n) is 6.13. The Labute approximate surface area is 183 Å². The first kappa shape index (κ1) is 21.6. The summed E-state index contributed by atoms with van der Waals surface area (Å²) in [4.78, 5) is 2.41. The van der Waals surface area contributed by atoms with Crippen LogP contribution in [0.5, 0.6) is 5.75 Å². The monoisotopic (exact) mass is 441 g/mol. The zero-order valence-corrected chi connectivity index (χ0v) is 18.4. The molecule has 2 aliphatic heterocycles. The maximum absolute atomic E-state index is 11.5. The van der Waals surface area contributed by atoms with E-state index in [1.807, 2.05) is 24.3 Å². The number of likely N-dealkylation sites (tertiary alicyclic amines) is 1. The molecule has 0 aromatic heterocycles. The van der Waals surface area contributed by atoms with Gasteiger partial charge in [-0.05, 0) is 55.2 Å². The molecule has 0 saturated carbocycles. The summed E-state index contributed by atoms with van der Waals surface area (Å²) >= 11 is 0. The minimum absolute atomic E-state index is 0.386. The number of nitrogens with zero attached hydrogens (tertiary/aromatic N) is 2. The maximum atomic E-state index is 11.5. The lowest BCUT2D eigenvalue weighted by Crippen LogP contribution is -2.50. The lowest BCUT2D eigenvalue weighted by Gasteiger charge is -2.46. The van der Waals surface area contributed by atoms with Crippen molar-refractivity contribution in [2.45, 2.75) is 37.4 Å². The van der Waals surface area contributed by atoms with Crippen LogP contribution in [0.15, 0.2) is 42.5 Å². The predicted molar refractivity (Wildman–Crippen MR) is 118 cm³/mol. The number of ether oxygens (including phenoxy) is 1. The summed E-state index contributed by atoms with van der Waals surface area (Å²) in [7, 11) is -3.38. The van der Waals surface area contributed by atoms with Crippen LogP contribution < -0.4 is 9.46 Å². The van der Waals surface area contributed by atoms with Crippen molar-refractivity contribution in [1.29, 1.82) is 5.26 Å². The molecule has 31 heavy (non-hydrogen) atoms. The van der Waals surface area contributed by atoms with E-state index in [0.29, 0.717) is 29.0 Å². The molecular formula is C23H27N3O4S. The first-order valence-electron chi connectivity index (χ1n) is 10.5. The third-order valence-corrected chi connectivity index (χ3v) is 6.74. The first-order valence-corrected chi connectivity index (χ1v) is 12.3. The number of nitriles is 1. The number of piperidine rings is 1. The highest BCUT2D eigenvalue weighted by molar-refractivity contribution is 7.92. The van der Waals surface area contributed by atoms with E-state index in [1.54, 1.807) is 18.2 Å². The normalized spacial score (nSPS) is 20.5. The number of aliphatic hydroxyl groups excluding tert-OH is 1. The highest BCUT2D eigenvalue weighted by atomic mass is 32.2. The summed E-state index contributed by atoms with van der Waals surface area (Å²) in [6, 6.07) is 14.9. The van der Waals surface area contributed by atoms with Crippen LogP contribution in [0, 0.1) is 11.3 Å². The van der Waals surface area contributed by atoms with Gasteiger partial charge < -0.3 is 14.7 Å². The summed E-state index contributed by atoms with van der Waals surface area (Å²) < 4.78 is 31.8. The second kappa shape index (κ2) is 8.50. The molecule has 7 nitrogen and oxygen atoms in total. The van der Waals surface area contributed by atoms with E-state index >= 15 is 0 Å². The third kappa shape index (κ3) is 5.18. The molecule has 1 atom stereocenters. The van der Waals surface area contributed by atoms with Gasteiger partial charge >= 0.3 is 0 Å². The fourth-order valence-electron chi connectivity index (χ4n) is 4.44. The van der Waals surface area contributed by atoms with E-state index in [9.17, 15) is 13.5 Å². The van der Waals surface area contributed by atoms with E-state index < -0.39 is 16.1 Å². The van der Waals surface area contributed by atoms with Gasteiger partial charge in [0.2, 0.25) is 10.0 Å². The van der Waals surface area contributed by atoms with E-state index in [4.69, 9.17) is 10.00 Å². The molecule has 1 saturated heterocycles. The Bertz CT molecular complexity index is 1080. The van der Waals surface area contributed by atoms with Crippen molar-refractivity contribution < 1.29 is 18.3 Å². The number of hydrogen-bond donors (Lipinski definition) is 2. The number of nitrogens with one attached hydrogen (secondary N) is 1. The molecule has 0 bridgehead atoms. The molecular weight excluding hydrogens is 414 g/mol. The molecule has 0 radical (unpaired) electrons. The molecule has 2 aliphatic rings. The van der Waals surface area contributed by atoms with Crippen molar-refractivity contribution >= 4 is 15.7 Å². The topological polar surface area (TPSA) is 103 Å². The summed E-state index contributed by atoms with van der Waals surface area (Å²) in [5.74, 6) is 0.629. The number of sulfonamides is 1. The van der Waals surface area contributed by atoms with Gasteiger partial charge in [0.25, 0.3) is 0 Å². The first-order chi connectivity index (χ1) is 14.8. The molecule has 4 rings (SSSR count). The fraction of sp³-hybridized carbons (Fsp3) is 0.435. The number of hydrogen-bond acceptors (Lipinski definition) is 6. The predicted octanol–water partition coefficient (Wildman–Crippen LogP) is 2.82. The van der Waals surface area contributed by atoms with Crippen LogP contribution in [0.4, 0.5) is 5.69 Å². The van der Waals surface area contributed by atoms with E-state index in [1.165, 1.54) is 5.56 Å². The van der Waals surface area contributed by atoms with Gasteiger partial charge in [-0.25, -0.2) is 8.42 Å². The smallest absolute Gasteiger partial charge is 0.229 e. The van der Waals surface area contributed by atoms with Crippen LogP contribution in [-0.4, -0.2) is 49.9 Å². The summed E-state index contributed by atoms with van der Waals surface area (Å²) in [5.41, 5.74) is 2.57. The number of aliphatic hydroxyl groups is 1. The van der Waals surface area contributed by atoms with Gasteiger partial charge in [-0.15, -0.1) is 0 Å². The van der Waals surface area contributed by atoms with Crippen LogP contribution in [0.3, 0.4) is 0 Å². The van der Waals surface area contributed by atoms with E-state index in [2.05, 4.69) is 15.7 Å². The Balaban J connectivity index is 1.36. The average Bonchev–Trinajstić information content (AvgIpc) is 2.73. The Morgan fingerprint density at radius 3 is 2.58 bits per heavy atom. The van der Waals surface area contributed by atoms with Crippen LogP contribution in [0.25, 0.3) is 0 Å². The lowest BCUT2D eigenvalue weighted by molar-refractivity contribution is -0.0536. The Kier molecular flexibility index (Phi) is 5.93. The van der Waals surface area contributed by atoms with Gasteiger partial charge in [-0.1, -0.05) is 12.1 Å². The number of anilines is 1. The number of benzene rings is 2. The zero-order chi connectivity index (χ0) is 22.1. The second-order valence-corrected chi connectivity index (χ2v) is 10.3.